The maximum absolute atomic E-state index is 12.0. The van der Waals surface area contributed by atoms with Gasteiger partial charge in [0.25, 0.3) is 5.91 Å². The van der Waals surface area contributed by atoms with E-state index < -0.39 is 0 Å². The minimum atomic E-state index is -0.278. The molecule has 0 radical (unpaired) electrons. The summed E-state index contributed by atoms with van der Waals surface area (Å²) in [5, 5.41) is 6.52. The van der Waals surface area contributed by atoms with Gasteiger partial charge in [-0.15, -0.1) is 0 Å². The van der Waals surface area contributed by atoms with Crippen molar-refractivity contribution >= 4 is 11.6 Å². The zero-order valence-electron chi connectivity index (χ0n) is 12.7. The lowest BCUT2D eigenvalue weighted by Gasteiger charge is -2.07. The lowest BCUT2D eigenvalue weighted by Crippen LogP contribution is -2.12. The zero-order valence-corrected chi connectivity index (χ0v) is 12.7. The van der Waals surface area contributed by atoms with Crippen LogP contribution in [0.2, 0.25) is 0 Å². The second kappa shape index (κ2) is 5.39. The Balaban J connectivity index is 1.53. The van der Waals surface area contributed by atoms with Gasteiger partial charge in [0.1, 0.15) is 11.6 Å². The molecule has 0 unspecified atom stereocenters. The summed E-state index contributed by atoms with van der Waals surface area (Å²) in [6, 6.07) is 9.36. The predicted octanol–water partition coefficient (Wildman–Crippen LogP) is 3.05. The summed E-state index contributed by atoms with van der Waals surface area (Å²) < 4.78 is 7.17. The van der Waals surface area contributed by atoms with Gasteiger partial charge in [-0.05, 0) is 31.0 Å². The largest absolute Gasteiger partial charge is 0.361 e. The molecule has 2 aromatic heterocycles. The number of amides is 1. The summed E-state index contributed by atoms with van der Waals surface area (Å²) in [5.74, 6) is 1.48. The third-order valence-electron chi connectivity index (χ3n) is 4.02. The quantitative estimate of drug-likeness (QED) is 0.807. The molecule has 6 nitrogen and oxygen atoms in total. The summed E-state index contributed by atoms with van der Waals surface area (Å²) >= 11 is 0. The Hall–Kier alpha value is -2.89. The van der Waals surface area contributed by atoms with E-state index in [0.29, 0.717) is 5.76 Å². The molecule has 23 heavy (non-hydrogen) atoms. The smallest absolute Gasteiger partial charge is 0.277 e. The van der Waals surface area contributed by atoms with E-state index in [2.05, 4.69) is 20.0 Å². The third kappa shape index (κ3) is 2.52. The lowest BCUT2D eigenvalue weighted by molar-refractivity contribution is 0.101. The monoisotopic (exact) mass is 308 g/mol. The van der Waals surface area contributed by atoms with Crippen LogP contribution in [-0.4, -0.2) is 20.6 Å². The highest BCUT2D eigenvalue weighted by Gasteiger charge is 2.16. The number of rotatable bonds is 3. The molecule has 0 fully saturated rings. The van der Waals surface area contributed by atoms with Crippen LogP contribution in [0, 0.1) is 6.92 Å². The van der Waals surface area contributed by atoms with E-state index >= 15 is 0 Å². The molecule has 0 spiro atoms. The second-order valence-electron chi connectivity index (χ2n) is 5.67. The van der Waals surface area contributed by atoms with E-state index in [9.17, 15) is 4.79 Å². The first kappa shape index (κ1) is 13.8. The molecule has 116 valence electrons. The number of nitrogens with zero attached hydrogens (tertiary/aromatic N) is 3. The van der Waals surface area contributed by atoms with Crippen molar-refractivity contribution < 1.29 is 9.32 Å². The summed E-state index contributed by atoms with van der Waals surface area (Å²) in [5.41, 5.74) is 3.23. The normalized spacial score (nSPS) is 13.1. The van der Waals surface area contributed by atoms with Crippen LogP contribution in [0.25, 0.3) is 11.3 Å². The number of hydrogen-bond acceptors (Lipinski definition) is 4. The highest BCUT2D eigenvalue weighted by Crippen LogP contribution is 2.26. The Morgan fingerprint density at radius 3 is 2.87 bits per heavy atom. The molecule has 3 heterocycles. The van der Waals surface area contributed by atoms with E-state index in [1.54, 1.807) is 13.0 Å². The Morgan fingerprint density at radius 1 is 1.30 bits per heavy atom. The topological polar surface area (TPSA) is 73.0 Å². The Morgan fingerprint density at radius 2 is 2.13 bits per heavy atom. The zero-order chi connectivity index (χ0) is 15.8. The van der Waals surface area contributed by atoms with Crippen LogP contribution in [0.1, 0.15) is 28.5 Å². The van der Waals surface area contributed by atoms with Crippen molar-refractivity contribution in [1.29, 1.82) is 0 Å². The van der Waals surface area contributed by atoms with Crippen molar-refractivity contribution in [3.63, 3.8) is 0 Å². The van der Waals surface area contributed by atoms with Gasteiger partial charge in [0.2, 0.25) is 0 Å². The Bertz CT molecular complexity index is 861. The van der Waals surface area contributed by atoms with E-state index in [1.807, 2.05) is 30.5 Å². The summed E-state index contributed by atoms with van der Waals surface area (Å²) in [6.07, 6.45) is 4.12. The third-order valence-corrected chi connectivity index (χ3v) is 4.02. The number of hydrogen-bond donors (Lipinski definition) is 1. The number of aryl methyl sites for hydroxylation is 2. The van der Waals surface area contributed by atoms with Crippen LogP contribution >= 0.6 is 0 Å². The predicted molar refractivity (Wildman–Crippen MR) is 85.2 cm³/mol. The molecule has 0 atom stereocenters. The van der Waals surface area contributed by atoms with Gasteiger partial charge < -0.3 is 14.4 Å². The summed E-state index contributed by atoms with van der Waals surface area (Å²) in [6.45, 7) is 2.78. The first-order valence-electron chi connectivity index (χ1n) is 7.60. The van der Waals surface area contributed by atoms with Crippen LogP contribution < -0.4 is 5.32 Å². The Kier molecular flexibility index (Phi) is 3.22. The molecular formula is C17H16N4O2. The van der Waals surface area contributed by atoms with E-state index in [4.69, 9.17) is 4.52 Å². The molecule has 1 aliphatic heterocycles. The van der Waals surface area contributed by atoms with Crippen molar-refractivity contribution in [2.75, 3.05) is 5.32 Å². The van der Waals surface area contributed by atoms with Gasteiger partial charge in [0, 0.05) is 24.7 Å². The van der Waals surface area contributed by atoms with Crippen molar-refractivity contribution in [3.8, 4) is 11.3 Å². The number of carbonyl (C=O) groups is 1. The van der Waals surface area contributed by atoms with Gasteiger partial charge in [-0.2, -0.15) is 0 Å². The first-order valence-corrected chi connectivity index (χ1v) is 7.60. The van der Waals surface area contributed by atoms with Crippen molar-refractivity contribution in [2.45, 2.75) is 26.3 Å². The number of aromatic nitrogens is 3. The van der Waals surface area contributed by atoms with Gasteiger partial charge in [0.15, 0.2) is 5.69 Å². The molecule has 1 amide bonds. The SMILES string of the molecule is Cc1cc(C(=O)Nc2ccc(-c3cnc4n3CCC4)cc2)no1. The average molecular weight is 308 g/mol. The van der Waals surface area contributed by atoms with E-state index in [-0.39, 0.29) is 11.6 Å². The average Bonchev–Trinajstić information content (AvgIpc) is 3.24. The van der Waals surface area contributed by atoms with Gasteiger partial charge in [-0.25, -0.2) is 4.98 Å². The fourth-order valence-corrected chi connectivity index (χ4v) is 2.88. The molecule has 1 aliphatic rings. The highest BCUT2D eigenvalue weighted by molar-refractivity contribution is 6.02. The molecule has 0 saturated carbocycles. The van der Waals surface area contributed by atoms with Gasteiger partial charge in [0.05, 0.1) is 11.9 Å². The van der Waals surface area contributed by atoms with Gasteiger partial charge in [-0.3, -0.25) is 4.79 Å². The molecule has 1 N–H and O–H groups in total. The van der Waals surface area contributed by atoms with Crippen LogP contribution in [0.15, 0.2) is 41.1 Å². The molecule has 4 rings (SSSR count). The van der Waals surface area contributed by atoms with Crippen LogP contribution in [0.4, 0.5) is 5.69 Å². The van der Waals surface area contributed by atoms with E-state index in [0.717, 1.165) is 42.2 Å². The Labute approximate surface area is 133 Å². The number of imidazole rings is 1. The number of fused-ring (bicyclic) bond motifs is 1. The number of benzene rings is 1. The number of carbonyl (C=O) groups excluding carboxylic acids is 1. The van der Waals surface area contributed by atoms with Crippen LogP contribution in [0.5, 0.6) is 0 Å². The summed E-state index contributed by atoms with van der Waals surface area (Å²) in [7, 11) is 0. The molecular weight excluding hydrogens is 292 g/mol. The second-order valence-corrected chi connectivity index (χ2v) is 5.67. The van der Waals surface area contributed by atoms with Gasteiger partial charge >= 0.3 is 0 Å². The molecule has 0 saturated heterocycles. The number of nitrogens with one attached hydrogen (secondary N) is 1. The van der Waals surface area contributed by atoms with Crippen molar-refractivity contribution in [1.82, 2.24) is 14.7 Å². The highest BCUT2D eigenvalue weighted by atomic mass is 16.5. The molecule has 0 bridgehead atoms. The van der Waals surface area contributed by atoms with E-state index in [1.165, 1.54) is 0 Å². The van der Waals surface area contributed by atoms with Gasteiger partial charge in [-0.1, -0.05) is 17.3 Å². The molecule has 6 heteroatoms. The van der Waals surface area contributed by atoms with Crippen LogP contribution in [-0.2, 0) is 13.0 Å². The maximum Gasteiger partial charge on any atom is 0.277 e. The molecule has 3 aromatic rings. The lowest BCUT2D eigenvalue weighted by atomic mass is 10.1. The first-order chi connectivity index (χ1) is 11.2. The van der Waals surface area contributed by atoms with Crippen LogP contribution in [0.3, 0.4) is 0 Å². The fraction of sp³-hybridized carbons (Fsp3) is 0.235. The minimum absolute atomic E-state index is 0.278. The fourth-order valence-electron chi connectivity index (χ4n) is 2.88. The van der Waals surface area contributed by atoms with Crippen molar-refractivity contribution in [3.05, 3.63) is 53.8 Å². The molecule has 1 aromatic carbocycles. The summed E-state index contributed by atoms with van der Waals surface area (Å²) in [4.78, 5) is 16.5. The minimum Gasteiger partial charge on any atom is -0.361 e. The maximum atomic E-state index is 12.0. The molecule has 0 aliphatic carbocycles. The van der Waals surface area contributed by atoms with Crippen molar-refractivity contribution in [2.24, 2.45) is 0 Å². The number of anilines is 1. The standard InChI is InChI=1S/C17H16N4O2/c1-11-9-14(20-23-11)17(22)19-13-6-4-12(5-7-13)15-10-18-16-3-2-8-21(15)16/h4-7,9-10H,2-3,8H2,1H3,(H,19,22).